The van der Waals surface area contributed by atoms with Gasteiger partial charge in [-0.05, 0) is 43.0 Å². The lowest BCUT2D eigenvalue weighted by Crippen LogP contribution is -2.22. The van der Waals surface area contributed by atoms with E-state index in [0.717, 1.165) is 42.0 Å². The SMILES string of the molecule is CCc1ccc(OCCCOC2Cc3ccccc3[C@@H]2CC(=O)O)c(C)n1. The molecule has 27 heavy (non-hydrogen) atoms. The van der Waals surface area contributed by atoms with Crippen molar-refractivity contribution in [1.82, 2.24) is 4.98 Å². The fraction of sp³-hybridized carbons (Fsp3) is 0.455. The number of carbonyl (C=O) groups is 1. The Bertz CT molecular complexity index is 790. The van der Waals surface area contributed by atoms with Crippen LogP contribution in [0.5, 0.6) is 5.75 Å². The van der Waals surface area contributed by atoms with Gasteiger partial charge in [0.15, 0.2) is 0 Å². The van der Waals surface area contributed by atoms with E-state index in [9.17, 15) is 9.90 Å². The summed E-state index contributed by atoms with van der Waals surface area (Å²) in [5.74, 6) is -0.0518. The third kappa shape index (κ3) is 4.86. The summed E-state index contributed by atoms with van der Waals surface area (Å²) in [6, 6.07) is 12.0. The van der Waals surface area contributed by atoms with Crippen LogP contribution in [0.2, 0.25) is 0 Å². The van der Waals surface area contributed by atoms with Crippen molar-refractivity contribution >= 4 is 5.97 Å². The Kier molecular flexibility index (Phi) is 6.45. The molecule has 144 valence electrons. The molecule has 0 bridgehead atoms. The van der Waals surface area contributed by atoms with Crippen LogP contribution < -0.4 is 4.74 Å². The molecule has 2 aromatic rings. The molecule has 1 aliphatic rings. The van der Waals surface area contributed by atoms with Gasteiger partial charge in [-0.25, -0.2) is 0 Å². The summed E-state index contributed by atoms with van der Waals surface area (Å²) in [4.78, 5) is 15.7. The largest absolute Gasteiger partial charge is 0.492 e. The minimum absolute atomic E-state index is 0.0762. The number of benzene rings is 1. The summed E-state index contributed by atoms with van der Waals surface area (Å²) in [6.45, 7) is 5.14. The molecule has 0 saturated carbocycles. The zero-order chi connectivity index (χ0) is 19.2. The number of rotatable bonds is 9. The zero-order valence-corrected chi connectivity index (χ0v) is 16.0. The van der Waals surface area contributed by atoms with Gasteiger partial charge in [0.1, 0.15) is 5.75 Å². The molecule has 0 aliphatic heterocycles. The molecule has 0 spiro atoms. The topological polar surface area (TPSA) is 68.7 Å². The van der Waals surface area contributed by atoms with Crippen molar-refractivity contribution in [1.29, 1.82) is 0 Å². The number of hydrogen-bond donors (Lipinski definition) is 1. The molecular weight excluding hydrogens is 342 g/mol. The highest BCUT2D eigenvalue weighted by Gasteiger charge is 2.34. The highest BCUT2D eigenvalue weighted by molar-refractivity contribution is 5.68. The minimum atomic E-state index is -0.785. The van der Waals surface area contributed by atoms with Gasteiger partial charge in [0.25, 0.3) is 0 Å². The Morgan fingerprint density at radius 3 is 2.78 bits per heavy atom. The molecule has 1 aliphatic carbocycles. The van der Waals surface area contributed by atoms with Gasteiger partial charge in [0.05, 0.1) is 31.4 Å². The van der Waals surface area contributed by atoms with E-state index in [1.54, 1.807) is 0 Å². The maximum Gasteiger partial charge on any atom is 0.304 e. The average Bonchev–Trinajstić information content (AvgIpc) is 2.99. The lowest BCUT2D eigenvalue weighted by molar-refractivity contribution is -0.138. The number of fused-ring (bicyclic) bond motifs is 1. The van der Waals surface area contributed by atoms with Crippen LogP contribution in [0, 0.1) is 6.92 Å². The van der Waals surface area contributed by atoms with Gasteiger partial charge in [-0.3, -0.25) is 9.78 Å². The quantitative estimate of drug-likeness (QED) is 0.679. The van der Waals surface area contributed by atoms with Crippen LogP contribution in [0.25, 0.3) is 0 Å². The molecular formula is C22H27NO4. The lowest BCUT2D eigenvalue weighted by atomic mass is 9.96. The molecule has 0 amide bonds. The van der Waals surface area contributed by atoms with E-state index in [2.05, 4.69) is 18.0 Å². The van der Waals surface area contributed by atoms with Gasteiger partial charge in [0, 0.05) is 18.0 Å². The highest BCUT2D eigenvalue weighted by Crippen LogP contribution is 2.37. The number of ether oxygens (including phenoxy) is 2. The Labute approximate surface area is 160 Å². The normalized spacial score (nSPS) is 18.3. The third-order valence-corrected chi connectivity index (χ3v) is 5.05. The summed E-state index contributed by atoms with van der Waals surface area (Å²) in [7, 11) is 0. The number of aryl methyl sites for hydroxylation is 2. The molecule has 5 heteroatoms. The number of carboxylic acid groups (broad SMARTS) is 1. The second kappa shape index (κ2) is 9.00. The van der Waals surface area contributed by atoms with Crippen molar-refractivity contribution in [2.45, 2.75) is 51.6 Å². The van der Waals surface area contributed by atoms with Gasteiger partial charge in [-0.15, -0.1) is 0 Å². The molecule has 0 fully saturated rings. The van der Waals surface area contributed by atoms with E-state index in [1.807, 2.05) is 37.3 Å². The fourth-order valence-corrected chi connectivity index (χ4v) is 3.67. The van der Waals surface area contributed by atoms with Crippen LogP contribution in [-0.2, 0) is 22.4 Å². The van der Waals surface area contributed by atoms with Gasteiger partial charge in [-0.1, -0.05) is 31.2 Å². The van der Waals surface area contributed by atoms with E-state index in [1.165, 1.54) is 5.56 Å². The Morgan fingerprint density at radius 2 is 2.04 bits per heavy atom. The summed E-state index contributed by atoms with van der Waals surface area (Å²) >= 11 is 0. The first-order chi connectivity index (χ1) is 13.1. The first-order valence-electron chi connectivity index (χ1n) is 9.59. The van der Waals surface area contributed by atoms with E-state index in [4.69, 9.17) is 9.47 Å². The summed E-state index contributed by atoms with van der Waals surface area (Å²) in [5.41, 5.74) is 4.28. The number of carboxylic acids is 1. The number of aromatic nitrogens is 1. The van der Waals surface area contributed by atoms with E-state index < -0.39 is 5.97 Å². The molecule has 1 unspecified atom stereocenters. The molecule has 1 aromatic carbocycles. The molecule has 0 saturated heterocycles. The maximum absolute atomic E-state index is 11.2. The minimum Gasteiger partial charge on any atom is -0.492 e. The van der Waals surface area contributed by atoms with E-state index >= 15 is 0 Å². The van der Waals surface area contributed by atoms with Crippen LogP contribution in [0.15, 0.2) is 36.4 Å². The van der Waals surface area contributed by atoms with E-state index in [0.29, 0.717) is 13.2 Å². The fourth-order valence-electron chi connectivity index (χ4n) is 3.67. The van der Waals surface area contributed by atoms with Crippen LogP contribution >= 0.6 is 0 Å². The highest BCUT2D eigenvalue weighted by atomic mass is 16.5. The Balaban J connectivity index is 1.48. The maximum atomic E-state index is 11.2. The Hall–Kier alpha value is -2.40. The monoisotopic (exact) mass is 369 g/mol. The number of nitrogens with zero attached hydrogens (tertiary/aromatic N) is 1. The average molecular weight is 369 g/mol. The van der Waals surface area contributed by atoms with Gasteiger partial charge in [-0.2, -0.15) is 0 Å². The van der Waals surface area contributed by atoms with Crippen molar-refractivity contribution in [3.8, 4) is 5.75 Å². The predicted octanol–water partition coefficient (Wildman–Crippen LogP) is 3.92. The zero-order valence-electron chi connectivity index (χ0n) is 16.0. The molecule has 3 rings (SSSR count). The van der Waals surface area contributed by atoms with Crippen LogP contribution in [-0.4, -0.2) is 35.4 Å². The molecule has 1 N–H and O–H groups in total. The predicted molar refractivity (Wildman–Crippen MR) is 103 cm³/mol. The lowest BCUT2D eigenvalue weighted by Gasteiger charge is -2.19. The van der Waals surface area contributed by atoms with Crippen LogP contribution in [0.3, 0.4) is 0 Å². The van der Waals surface area contributed by atoms with Crippen molar-refractivity contribution in [3.63, 3.8) is 0 Å². The van der Waals surface area contributed by atoms with Gasteiger partial charge >= 0.3 is 5.97 Å². The summed E-state index contributed by atoms with van der Waals surface area (Å²) < 4.78 is 11.9. The number of pyridine rings is 1. The van der Waals surface area contributed by atoms with Gasteiger partial charge < -0.3 is 14.6 Å². The van der Waals surface area contributed by atoms with Crippen molar-refractivity contribution in [2.24, 2.45) is 0 Å². The smallest absolute Gasteiger partial charge is 0.304 e. The second-order valence-electron chi connectivity index (χ2n) is 6.96. The van der Waals surface area contributed by atoms with Crippen LogP contribution in [0.1, 0.15) is 48.2 Å². The van der Waals surface area contributed by atoms with Crippen molar-refractivity contribution in [3.05, 3.63) is 58.9 Å². The first kappa shape index (κ1) is 19.4. The van der Waals surface area contributed by atoms with Gasteiger partial charge in [0.2, 0.25) is 0 Å². The first-order valence-corrected chi connectivity index (χ1v) is 9.59. The number of hydrogen-bond acceptors (Lipinski definition) is 4. The number of aliphatic carboxylic acids is 1. The standard InChI is InChI=1S/C22H27NO4/c1-3-17-9-10-20(15(2)23-17)26-11-6-12-27-21-13-16-7-4-5-8-18(16)19(21)14-22(24)25/h4-5,7-10,19,21H,3,6,11-14H2,1-2H3,(H,24,25)/t19-,21?/m0/s1. The van der Waals surface area contributed by atoms with Crippen molar-refractivity contribution < 1.29 is 19.4 Å². The molecule has 1 aromatic heterocycles. The Morgan fingerprint density at radius 1 is 1.22 bits per heavy atom. The summed E-state index contributed by atoms with van der Waals surface area (Å²) in [6.07, 6.45) is 2.46. The molecule has 0 radical (unpaired) electrons. The molecule has 2 atom stereocenters. The van der Waals surface area contributed by atoms with Crippen molar-refractivity contribution in [2.75, 3.05) is 13.2 Å². The van der Waals surface area contributed by atoms with Crippen LogP contribution in [0.4, 0.5) is 0 Å². The molecule has 5 nitrogen and oxygen atoms in total. The summed E-state index contributed by atoms with van der Waals surface area (Å²) in [5, 5.41) is 9.23. The third-order valence-electron chi connectivity index (χ3n) is 5.05. The van der Waals surface area contributed by atoms with E-state index in [-0.39, 0.29) is 18.4 Å². The second-order valence-corrected chi connectivity index (χ2v) is 6.96. The molecule has 1 heterocycles.